The van der Waals surface area contributed by atoms with Crippen LogP contribution in [0.15, 0.2) is 54.7 Å². The highest BCUT2D eigenvalue weighted by atomic mass is 35.5. The topological polar surface area (TPSA) is 49.8 Å². The van der Waals surface area contributed by atoms with E-state index in [1.54, 1.807) is 0 Å². The van der Waals surface area contributed by atoms with Gasteiger partial charge in [0.15, 0.2) is 0 Å². The predicted octanol–water partition coefficient (Wildman–Crippen LogP) is 4.57. The van der Waals surface area contributed by atoms with Crippen LogP contribution >= 0.6 is 11.6 Å². The average molecular weight is 324 g/mol. The first kappa shape index (κ1) is 13.9. The number of aromatic amines is 1. The number of nitrogens with zero attached hydrogens (tertiary/aromatic N) is 1. The number of carbonyl (C=O) groups excluding carboxylic acids is 1. The fraction of sp³-hybridized carbons (Fsp3) is 0.0556. The van der Waals surface area contributed by atoms with Crippen LogP contribution in [0.2, 0.25) is 5.02 Å². The van der Waals surface area contributed by atoms with Gasteiger partial charge >= 0.3 is 0 Å². The summed E-state index contributed by atoms with van der Waals surface area (Å²) in [6.07, 6.45) is 1.98. The van der Waals surface area contributed by atoms with Gasteiger partial charge in [0.25, 0.3) is 5.91 Å². The molecule has 5 heteroatoms. The standard InChI is InChI=1S/C18H14ClN3O/c1-22-8-7-13-14(3-2-4-17(13)22)21-18(23)16-9-11-5-6-12(19)10-15(11)20-16/h2-10,20H,1H3,(H,21,23). The van der Waals surface area contributed by atoms with Gasteiger partial charge in [-0.3, -0.25) is 4.79 Å². The predicted molar refractivity (Wildman–Crippen MR) is 94.2 cm³/mol. The molecule has 4 rings (SSSR count). The molecular weight excluding hydrogens is 310 g/mol. The van der Waals surface area contributed by atoms with E-state index in [2.05, 4.69) is 10.3 Å². The third-order valence-electron chi connectivity index (χ3n) is 4.01. The van der Waals surface area contributed by atoms with Crippen LogP contribution in [0.25, 0.3) is 21.8 Å². The average Bonchev–Trinajstić information content (AvgIpc) is 3.12. The number of aromatic nitrogens is 2. The van der Waals surface area contributed by atoms with Crippen molar-refractivity contribution < 1.29 is 4.79 Å². The van der Waals surface area contributed by atoms with Crippen LogP contribution in [0, 0.1) is 0 Å². The smallest absolute Gasteiger partial charge is 0.272 e. The Bertz CT molecular complexity index is 1040. The number of anilines is 1. The molecule has 0 spiro atoms. The van der Waals surface area contributed by atoms with Gasteiger partial charge < -0.3 is 14.9 Å². The Labute approximate surface area is 137 Å². The molecule has 0 aliphatic carbocycles. The lowest BCUT2D eigenvalue weighted by molar-refractivity contribution is 0.102. The molecule has 2 N–H and O–H groups in total. The molecule has 0 aliphatic heterocycles. The van der Waals surface area contributed by atoms with Crippen LogP contribution in [-0.4, -0.2) is 15.5 Å². The fourth-order valence-electron chi connectivity index (χ4n) is 2.82. The minimum Gasteiger partial charge on any atom is -0.350 e. The van der Waals surface area contributed by atoms with Gasteiger partial charge in [0.05, 0.1) is 5.69 Å². The van der Waals surface area contributed by atoms with Gasteiger partial charge in [-0.25, -0.2) is 0 Å². The van der Waals surface area contributed by atoms with Crippen molar-refractivity contribution in [3.05, 3.63) is 65.4 Å². The van der Waals surface area contributed by atoms with Crippen LogP contribution in [0.4, 0.5) is 5.69 Å². The van der Waals surface area contributed by atoms with Crippen molar-refractivity contribution in [1.82, 2.24) is 9.55 Å². The second-order valence-electron chi connectivity index (χ2n) is 5.53. The van der Waals surface area contributed by atoms with Crippen molar-refractivity contribution in [3.63, 3.8) is 0 Å². The molecule has 1 amide bonds. The van der Waals surface area contributed by atoms with Crippen molar-refractivity contribution in [2.24, 2.45) is 7.05 Å². The summed E-state index contributed by atoms with van der Waals surface area (Å²) in [7, 11) is 1.98. The lowest BCUT2D eigenvalue weighted by Crippen LogP contribution is -2.12. The molecule has 0 saturated heterocycles. The van der Waals surface area contributed by atoms with Gasteiger partial charge in [-0.15, -0.1) is 0 Å². The Morgan fingerprint density at radius 1 is 1.17 bits per heavy atom. The van der Waals surface area contributed by atoms with Crippen molar-refractivity contribution >= 4 is 45.0 Å². The summed E-state index contributed by atoms with van der Waals surface area (Å²) in [5, 5.41) is 5.59. The van der Waals surface area contributed by atoms with Crippen LogP contribution in [-0.2, 0) is 7.05 Å². The van der Waals surface area contributed by atoms with Crippen LogP contribution in [0.3, 0.4) is 0 Å². The van der Waals surface area contributed by atoms with Gasteiger partial charge in [0.2, 0.25) is 0 Å². The fourth-order valence-corrected chi connectivity index (χ4v) is 2.99. The van der Waals surface area contributed by atoms with Crippen molar-refractivity contribution in [1.29, 1.82) is 0 Å². The molecule has 114 valence electrons. The number of hydrogen-bond donors (Lipinski definition) is 2. The van der Waals surface area contributed by atoms with Gasteiger partial charge in [-0.1, -0.05) is 23.7 Å². The number of carbonyl (C=O) groups is 1. The maximum atomic E-state index is 12.5. The number of halogens is 1. The third-order valence-corrected chi connectivity index (χ3v) is 4.24. The first-order valence-corrected chi connectivity index (χ1v) is 7.63. The minimum absolute atomic E-state index is 0.173. The summed E-state index contributed by atoms with van der Waals surface area (Å²) >= 11 is 5.98. The quantitative estimate of drug-likeness (QED) is 0.558. The number of fused-ring (bicyclic) bond motifs is 2. The molecule has 0 unspecified atom stereocenters. The lowest BCUT2D eigenvalue weighted by Gasteiger charge is -2.06. The number of rotatable bonds is 2. The summed E-state index contributed by atoms with van der Waals surface area (Å²) in [6.45, 7) is 0. The van der Waals surface area contributed by atoms with Gasteiger partial charge in [0, 0.05) is 40.1 Å². The monoisotopic (exact) mass is 323 g/mol. The van der Waals surface area contributed by atoms with Crippen molar-refractivity contribution in [2.75, 3.05) is 5.32 Å². The number of H-pyrrole nitrogens is 1. The molecule has 0 saturated carbocycles. The van der Waals surface area contributed by atoms with Crippen molar-refractivity contribution in [3.8, 4) is 0 Å². The van der Waals surface area contributed by atoms with E-state index >= 15 is 0 Å². The highest BCUT2D eigenvalue weighted by Gasteiger charge is 2.12. The molecule has 23 heavy (non-hydrogen) atoms. The highest BCUT2D eigenvalue weighted by Crippen LogP contribution is 2.25. The van der Waals surface area contributed by atoms with E-state index in [1.165, 1.54) is 0 Å². The molecule has 0 fully saturated rings. The van der Waals surface area contributed by atoms with E-state index in [-0.39, 0.29) is 5.91 Å². The second-order valence-corrected chi connectivity index (χ2v) is 5.97. The molecule has 0 radical (unpaired) electrons. The van der Waals surface area contributed by atoms with Gasteiger partial charge in [0.1, 0.15) is 5.69 Å². The van der Waals surface area contributed by atoms with Crippen molar-refractivity contribution in [2.45, 2.75) is 0 Å². The van der Waals surface area contributed by atoms with Gasteiger partial charge in [-0.05, 0) is 36.4 Å². The third kappa shape index (κ3) is 2.37. The number of benzene rings is 2. The lowest BCUT2D eigenvalue weighted by atomic mass is 10.2. The van der Waals surface area contributed by atoms with E-state index in [0.717, 1.165) is 27.5 Å². The molecular formula is C18H14ClN3O. The summed E-state index contributed by atoms with van der Waals surface area (Å²) in [5.41, 5.74) is 3.23. The summed E-state index contributed by atoms with van der Waals surface area (Å²) in [6, 6.07) is 15.2. The Balaban J connectivity index is 1.70. The molecule has 0 atom stereocenters. The Morgan fingerprint density at radius 2 is 2.04 bits per heavy atom. The zero-order chi connectivity index (χ0) is 16.0. The molecule has 2 aromatic carbocycles. The Hall–Kier alpha value is -2.72. The number of amides is 1. The zero-order valence-electron chi connectivity index (χ0n) is 12.4. The molecule has 4 aromatic rings. The first-order valence-electron chi connectivity index (χ1n) is 7.25. The Morgan fingerprint density at radius 3 is 2.91 bits per heavy atom. The van der Waals surface area contributed by atoms with Crippen LogP contribution in [0.1, 0.15) is 10.5 Å². The normalized spacial score (nSPS) is 11.2. The molecule has 0 aliphatic rings. The SMILES string of the molecule is Cn1ccc2c(NC(=O)c3cc4ccc(Cl)cc4[nH]3)cccc21. The Kier molecular flexibility index (Phi) is 3.13. The number of hydrogen-bond acceptors (Lipinski definition) is 1. The zero-order valence-corrected chi connectivity index (χ0v) is 13.2. The summed E-state index contributed by atoms with van der Waals surface area (Å²) in [5.74, 6) is -0.173. The highest BCUT2D eigenvalue weighted by molar-refractivity contribution is 6.31. The molecule has 2 aromatic heterocycles. The van der Waals surface area contributed by atoms with E-state index in [4.69, 9.17) is 11.6 Å². The van der Waals surface area contributed by atoms with E-state index in [9.17, 15) is 4.79 Å². The summed E-state index contributed by atoms with van der Waals surface area (Å²) < 4.78 is 2.02. The van der Waals surface area contributed by atoms with Gasteiger partial charge in [-0.2, -0.15) is 0 Å². The maximum Gasteiger partial charge on any atom is 0.272 e. The summed E-state index contributed by atoms with van der Waals surface area (Å²) in [4.78, 5) is 15.6. The minimum atomic E-state index is -0.173. The number of nitrogens with one attached hydrogen (secondary N) is 2. The largest absolute Gasteiger partial charge is 0.350 e. The number of aryl methyl sites for hydroxylation is 1. The second kappa shape index (κ2) is 5.18. The van der Waals surface area contributed by atoms with Crippen LogP contribution in [0.5, 0.6) is 0 Å². The van der Waals surface area contributed by atoms with Crippen LogP contribution < -0.4 is 5.32 Å². The van der Waals surface area contributed by atoms with E-state index in [0.29, 0.717) is 10.7 Å². The molecule has 0 bridgehead atoms. The first-order chi connectivity index (χ1) is 11.1. The molecule has 2 heterocycles. The van der Waals surface area contributed by atoms with E-state index < -0.39 is 0 Å². The van der Waals surface area contributed by atoms with E-state index in [1.807, 2.05) is 66.3 Å². The maximum absolute atomic E-state index is 12.5. The molecule has 4 nitrogen and oxygen atoms in total.